The van der Waals surface area contributed by atoms with Gasteiger partial charge in [-0.1, -0.05) is 24.1 Å². The Balaban J connectivity index is 1.51. The maximum absolute atomic E-state index is 13.3. The molecule has 3 aliphatic rings. The molecule has 1 heterocycles. The van der Waals surface area contributed by atoms with E-state index in [1.54, 1.807) is 12.1 Å². The van der Waals surface area contributed by atoms with Gasteiger partial charge in [-0.2, -0.15) is 18.3 Å². The highest BCUT2D eigenvalue weighted by Gasteiger charge is 2.49. The smallest absolute Gasteiger partial charge is 0.233 e. The summed E-state index contributed by atoms with van der Waals surface area (Å²) in [5.74, 6) is -1.50. The number of alkyl halides is 3. The number of rotatable bonds is 1. The summed E-state index contributed by atoms with van der Waals surface area (Å²) >= 11 is 0. The number of benzene rings is 1. The highest BCUT2D eigenvalue weighted by atomic mass is 19.4. The predicted molar refractivity (Wildman–Crippen MR) is 103 cm³/mol. The summed E-state index contributed by atoms with van der Waals surface area (Å²) in [5.41, 5.74) is 5.08. The van der Waals surface area contributed by atoms with E-state index in [2.05, 4.69) is 18.1 Å². The summed E-state index contributed by atoms with van der Waals surface area (Å²) in [4.78, 5) is 0. The molecule has 0 N–H and O–H groups in total. The van der Waals surface area contributed by atoms with Crippen molar-refractivity contribution in [3.63, 3.8) is 0 Å². The fourth-order valence-electron chi connectivity index (χ4n) is 5.47. The van der Waals surface area contributed by atoms with E-state index >= 15 is 0 Å². The van der Waals surface area contributed by atoms with Crippen LogP contribution in [0.2, 0.25) is 0 Å². The van der Waals surface area contributed by atoms with Crippen molar-refractivity contribution >= 4 is 6.08 Å². The maximum atomic E-state index is 13.3. The van der Waals surface area contributed by atoms with Crippen LogP contribution in [0.15, 0.2) is 47.7 Å². The molecular weight excluding hydrogens is 380 g/mol. The Kier molecular flexibility index (Phi) is 4.06. The highest BCUT2D eigenvalue weighted by Crippen LogP contribution is 2.56. The van der Waals surface area contributed by atoms with Crippen LogP contribution >= 0.6 is 0 Å². The zero-order valence-corrected chi connectivity index (χ0v) is 16.1. The van der Waals surface area contributed by atoms with Crippen LogP contribution in [-0.4, -0.2) is 16.0 Å². The van der Waals surface area contributed by atoms with Crippen LogP contribution in [0.25, 0.3) is 11.8 Å². The summed E-state index contributed by atoms with van der Waals surface area (Å²) < 4.78 is 54.8. The van der Waals surface area contributed by atoms with Gasteiger partial charge in [-0.15, -0.1) is 0 Å². The first-order valence-corrected chi connectivity index (χ1v) is 10.1. The van der Waals surface area contributed by atoms with E-state index in [4.69, 9.17) is 0 Å². The van der Waals surface area contributed by atoms with E-state index in [0.717, 1.165) is 36.2 Å². The third kappa shape index (κ3) is 2.95. The lowest BCUT2D eigenvalue weighted by Crippen LogP contribution is -2.39. The van der Waals surface area contributed by atoms with Crippen molar-refractivity contribution < 1.29 is 17.6 Å². The number of hydrogen-bond donors (Lipinski definition) is 0. The number of nitrogens with zero attached hydrogens (tertiary/aromatic N) is 2. The van der Waals surface area contributed by atoms with Gasteiger partial charge in [0.15, 0.2) is 0 Å². The molecule has 0 spiro atoms. The van der Waals surface area contributed by atoms with Gasteiger partial charge in [-0.05, 0) is 73.9 Å². The van der Waals surface area contributed by atoms with Crippen molar-refractivity contribution in [3.8, 4) is 5.69 Å². The summed E-state index contributed by atoms with van der Waals surface area (Å²) in [6, 6.07) is 6.23. The molecular formula is C23H22F4N2. The Morgan fingerprint density at radius 3 is 2.66 bits per heavy atom. The number of hydrogen-bond acceptors (Lipinski definition) is 1. The Labute approximate surface area is 166 Å². The van der Waals surface area contributed by atoms with Crippen LogP contribution < -0.4 is 0 Å². The van der Waals surface area contributed by atoms with E-state index in [0.29, 0.717) is 0 Å². The van der Waals surface area contributed by atoms with Crippen LogP contribution in [0.4, 0.5) is 17.6 Å². The van der Waals surface area contributed by atoms with Gasteiger partial charge in [0.1, 0.15) is 5.82 Å². The van der Waals surface area contributed by atoms with Gasteiger partial charge in [-0.25, -0.2) is 9.07 Å². The zero-order chi connectivity index (χ0) is 20.4. The van der Waals surface area contributed by atoms with Crippen LogP contribution in [0.3, 0.4) is 0 Å². The van der Waals surface area contributed by atoms with E-state index in [1.165, 1.54) is 23.3 Å². The molecule has 6 heteroatoms. The molecule has 2 aromatic rings. The second kappa shape index (κ2) is 6.31. The fourth-order valence-corrected chi connectivity index (χ4v) is 5.47. The zero-order valence-electron chi connectivity index (χ0n) is 16.1. The fraction of sp³-hybridized carbons (Fsp3) is 0.435. The predicted octanol–water partition coefficient (Wildman–Crippen LogP) is 6.27. The molecule has 0 saturated heterocycles. The van der Waals surface area contributed by atoms with E-state index in [1.807, 2.05) is 17.0 Å². The molecule has 0 aliphatic heterocycles. The number of allylic oxidation sites excluding steroid dienone is 3. The molecule has 3 aliphatic carbocycles. The first-order valence-electron chi connectivity index (χ1n) is 10.1. The summed E-state index contributed by atoms with van der Waals surface area (Å²) in [7, 11) is 0. The first kappa shape index (κ1) is 18.6. The van der Waals surface area contributed by atoms with E-state index in [-0.39, 0.29) is 30.0 Å². The quantitative estimate of drug-likeness (QED) is 0.406. The second-order valence-electron chi connectivity index (χ2n) is 8.73. The maximum Gasteiger partial charge on any atom is 0.392 e. The highest BCUT2D eigenvalue weighted by molar-refractivity contribution is 5.63. The molecule has 0 amide bonds. The Bertz CT molecular complexity index is 1010. The molecule has 2 nitrogen and oxygen atoms in total. The molecule has 1 aromatic heterocycles. The molecule has 0 radical (unpaired) electrons. The Hall–Kier alpha value is -2.37. The number of fused-ring (bicyclic) bond motifs is 4. The van der Waals surface area contributed by atoms with Gasteiger partial charge in [0.05, 0.1) is 23.5 Å². The minimum atomic E-state index is -4.12. The first-order chi connectivity index (χ1) is 13.8. The molecule has 1 fully saturated rings. The third-order valence-electron chi connectivity index (χ3n) is 7.01. The van der Waals surface area contributed by atoms with Crippen molar-refractivity contribution in [1.82, 2.24) is 9.78 Å². The van der Waals surface area contributed by atoms with Crippen molar-refractivity contribution in [3.05, 3.63) is 64.8 Å². The largest absolute Gasteiger partial charge is 0.392 e. The normalized spacial score (nSPS) is 28.7. The van der Waals surface area contributed by atoms with Crippen LogP contribution in [0.5, 0.6) is 0 Å². The van der Waals surface area contributed by atoms with Gasteiger partial charge in [-0.3, -0.25) is 0 Å². The van der Waals surface area contributed by atoms with Crippen LogP contribution in [-0.2, 0) is 6.42 Å². The molecule has 0 bridgehead atoms. The van der Waals surface area contributed by atoms with E-state index in [9.17, 15) is 17.6 Å². The van der Waals surface area contributed by atoms with Crippen molar-refractivity contribution in [1.29, 1.82) is 0 Å². The van der Waals surface area contributed by atoms with Gasteiger partial charge in [0, 0.05) is 5.41 Å². The molecule has 29 heavy (non-hydrogen) atoms. The topological polar surface area (TPSA) is 17.8 Å². The van der Waals surface area contributed by atoms with Gasteiger partial charge < -0.3 is 0 Å². The van der Waals surface area contributed by atoms with Gasteiger partial charge >= 0.3 is 6.18 Å². The van der Waals surface area contributed by atoms with E-state index < -0.39 is 12.1 Å². The lowest BCUT2D eigenvalue weighted by atomic mass is 9.56. The van der Waals surface area contributed by atoms with Gasteiger partial charge in [0.25, 0.3) is 0 Å². The van der Waals surface area contributed by atoms with Crippen molar-refractivity contribution in [2.75, 3.05) is 0 Å². The third-order valence-corrected chi connectivity index (χ3v) is 7.01. The number of halogens is 4. The monoisotopic (exact) mass is 402 g/mol. The Morgan fingerprint density at radius 1 is 1.17 bits per heavy atom. The molecule has 5 rings (SSSR count). The lowest BCUT2D eigenvalue weighted by Gasteiger charge is -2.48. The van der Waals surface area contributed by atoms with Crippen LogP contribution in [0.1, 0.15) is 43.9 Å². The molecule has 1 aromatic carbocycles. The van der Waals surface area contributed by atoms with Gasteiger partial charge in [0.2, 0.25) is 0 Å². The average molecular weight is 402 g/mol. The Morgan fingerprint density at radius 2 is 1.93 bits per heavy atom. The summed E-state index contributed by atoms with van der Waals surface area (Å²) in [6.07, 6.45) is 4.35. The minimum absolute atomic E-state index is 0.00576. The SMILES string of the molecule is CC12Cc3cnn(-c4ccc(F)cc4)c3C=C1CCC1CC(C(F)(F)F)CC=C12. The number of aromatic nitrogens is 2. The average Bonchev–Trinajstić information content (AvgIpc) is 3.07. The molecule has 152 valence electrons. The molecule has 3 atom stereocenters. The van der Waals surface area contributed by atoms with Crippen LogP contribution in [0, 0.1) is 23.1 Å². The summed E-state index contributed by atoms with van der Waals surface area (Å²) in [6.45, 7) is 2.17. The molecule has 3 unspecified atom stereocenters. The van der Waals surface area contributed by atoms with Crippen molar-refractivity contribution in [2.45, 2.75) is 45.2 Å². The lowest BCUT2D eigenvalue weighted by molar-refractivity contribution is -0.179. The summed E-state index contributed by atoms with van der Waals surface area (Å²) in [5, 5.41) is 4.52. The minimum Gasteiger partial charge on any atom is -0.233 e. The standard InChI is InChI=1S/C23H22F4N2/c1-22-12-15-13-28-29(19-7-5-18(24)6-8-19)21(15)11-16(22)3-2-14-10-17(23(25,26)27)4-9-20(14)22/h5-9,11,13-14,17H,2-4,10,12H2,1H3. The molecule has 1 saturated carbocycles. The second-order valence-corrected chi connectivity index (χ2v) is 8.73. The van der Waals surface area contributed by atoms with Crippen molar-refractivity contribution in [2.24, 2.45) is 17.3 Å².